The molecule has 35 heavy (non-hydrogen) atoms. The molecule has 2 heterocycles. The summed E-state index contributed by atoms with van der Waals surface area (Å²) in [4.78, 5) is 2.52. The molecule has 2 saturated heterocycles. The average molecular weight is 561 g/mol. The second-order valence-electron chi connectivity index (χ2n) is 14.1. The van der Waals surface area contributed by atoms with E-state index in [1.165, 1.54) is 57.8 Å². The predicted octanol–water partition coefficient (Wildman–Crippen LogP) is 7.02. The molecule has 4 aliphatic carbocycles. The van der Waals surface area contributed by atoms with Crippen molar-refractivity contribution in [2.24, 2.45) is 52.3 Å². The monoisotopic (exact) mass is 560 g/mol. The van der Waals surface area contributed by atoms with Crippen LogP contribution in [0.1, 0.15) is 91.9 Å². The maximum absolute atomic E-state index is 6.96. The van der Waals surface area contributed by atoms with E-state index in [2.05, 4.69) is 46.6 Å². The van der Waals surface area contributed by atoms with Crippen molar-refractivity contribution in [3.63, 3.8) is 0 Å². The fourth-order valence-corrected chi connectivity index (χ4v) is 10.8. The second kappa shape index (κ2) is 10.2. The van der Waals surface area contributed by atoms with Crippen molar-refractivity contribution < 1.29 is 42.2 Å². The minimum atomic E-state index is -0.269. The number of nitrogens with zero attached hydrogens (tertiary/aromatic N) is 1. The molecule has 0 aromatic heterocycles. The van der Waals surface area contributed by atoms with Crippen LogP contribution >= 0.6 is 0 Å². The first-order valence-corrected chi connectivity index (χ1v) is 14.5. The Kier molecular flexibility index (Phi) is 8.43. The summed E-state index contributed by atoms with van der Waals surface area (Å²) >= 11 is 0. The van der Waals surface area contributed by atoms with Crippen LogP contribution in [0, 0.1) is 66.6 Å². The summed E-state index contributed by atoms with van der Waals surface area (Å²) in [7, 11) is 2.29. The summed E-state index contributed by atoms with van der Waals surface area (Å²) in [6.07, 6.45) is 14.2. The van der Waals surface area contributed by atoms with Crippen LogP contribution in [0.5, 0.6) is 0 Å². The Morgan fingerprint density at radius 2 is 1.66 bits per heavy atom. The molecule has 3 nitrogen and oxygen atoms in total. The van der Waals surface area contributed by atoms with E-state index in [0.717, 1.165) is 49.3 Å². The average Bonchev–Trinajstić information content (AvgIpc) is 3.25. The van der Waals surface area contributed by atoms with Crippen LogP contribution in [0.4, 0.5) is 0 Å². The fourth-order valence-electron chi connectivity index (χ4n) is 10.8. The molecular weight excluding hydrogens is 507 g/mol. The molecular formula is C31H53NO2Y-2. The zero-order valence-corrected chi connectivity index (χ0v) is 26.6. The van der Waals surface area contributed by atoms with Gasteiger partial charge in [0.2, 0.25) is 0 Å². The third kappa shape index (κ3) is 4.22. The van der Waals surface area contributed by atoms with Gasteiger partial charge >= 0.3 is 0 Å². The molecule has 4 heteroatoms. The van der Waals surface area contributed by atoms with Crippen LogP contribution in [0.2, 0.25) is 0 Å². The van der Waals surface area contributed by atoms with Gasteiger partial charge in [0.15, 0.2) is 5.79 Å². The molecule has 6 rings (SSSR count). The molecule has 6 aliphatic rings. The van der Waals surface area contributed by atoms with Gasteiger partial charge in [0.05, 0.1) is 12.7 Å². The Morgan fingerprint density at radius 1 is 0.914 bits per heavy atom. The Labute approximate surface area is 242 Å². The van der Waals surface area contributed by atoms with Crippen molar-refractivity contribution in [2.75, 3.05) is 20.2 Å². The van der Waals surface area contributed by atoms with Gasteiger partial charge in [-0.1, -0.05) is 27.7 Å². The Hall–Kier alpha value is 0.984. The smallest absolute Gasteiger partial charge is 0.171 e. The van der Waals surface area contributed by atoms with E-state index in [9.17, 15) is 0 Å². The largest absolute Gasteiger partial charge is 0.358 e. The van der Waals surface area contributed by atoms with Gasteiger partial charge in [-0.15, -0.1) is 6.54 Å². The first-order chi connectivity index (χ1) is 15.7. The summed E-state index contributed by atoms with van der Waals surface area (Å²) in [5.74, 6) is 5.32. The number of hydrogen-bond acceptors (Lipinski definition) is 3. The summed E-state index contributed by atoms with van der Waals surface area (Å²) in [6, 6.07) is 0.764. The summed E-state index contributed by atoms with van der Waals surface area (Å²) in [5, 5.41) is 0. The zero-order chi connectivity index (χ0) is 23.2. The SMILES string of the molecule is [CH2-]CN(C)C1CC[C@@]2(C)[C@H](CC[C@@H]3[C@@H]2CC[C@]2(C)[C@@H]4[C@H](C[C@@H]32)O[C@]2(CC[C@H](C)CO2)[C@H]4C)C1.[CH3-].[Y]. The molecule has 199 valence electrons. The third-order valence-electron chi connectivity index (χ3n) is 12.9. The van der Waals surface area contributed by atoms with Crippen LogP contribution in [0.3, 0.4) is 0 Å². The molecule has 0 bridgehead atoms. The number of rotatable bonds is 2. The molecule has 2 aliphatic heterocycles. The van der Waals surface area contributed by atoms with Crippen LogP contribution in [0.25, 0.3) is 0 Å². The van der Waals surface area contributed by atoms with E-state index < -0.39 is 0 Å². The molecule has 1 radical (unpaired) electrons. The van der Waals surface area contributed by atoms with E-state index in [1.54, 1.807) is 0 Å². The van der Waals surface area contributed by atoms with Crippen molar-refractivity contribution in [2.45, 2.75) is 110 Å². The van der Waals surface area contributed by atoms with Crippen molar-refractivity contribution >= 4 is 0 Å². The van der Waals surface area contributed by atoms with Gasteiger partial charge in [0.25, 0.3) is 0 Å². The van der Waals surface area contributed by atoms with E-state index in [0.29, 0.717) is 34.7 Å². The number of hydrogen-bond donors (Lipinski definition) is 0. The first-order valence-electron chi connectivity index (χ1n) is 14.5. The summed E-state index contributed by atoms with van der Waals surface area (Å²) in [6.45, 7) is 16.2. The first kappa shape index (κ1) is 29.0. The van der Waals surface area contributed by atoms with Gasteiger partial charge in [-0.05, 0) is 111 Å². The van der Waals surface area contributed by atoms with E-state index in [1.807, 2.05) is 0 Å². The van der Waals surface area contributed by atoms with Crippen LogP contribution in [-0.4, -0.2) is 43.0 Å². The van der Waals surface area contributed by atoms with E-state index >= 15 is 0 Å². The number of ether oxygens (including phenoxy) is 2. The molecule has 6 fully saturated rings. The minimum absolute atomic E-state index is 0. The topological polar surface area (TPSA) is 21.7 Å². The maximum atomic E-state index is 6.96. The molecule has 0 aromatic carbocycles. The van der Waals surface area contributed by atoms with Crippen molar-refractivity contribution in [1.82, 2.24) is 4.90 Å². The van der Waals surface area contributed by atoms with Crippen molar-refractivity contribution in [3.05, 3.63) is 14.4 Å². The van der Waals surface area contributed by atoms with Gasteiger partial charge in [0, 0.05) is 51.1 Å². The van der Waals surface area contributed by atoms with Crippen molar-refractivity contribution in [1.29, 1.82) is 0 Å². The van der Waals surface area contributed by atoms with Gasteiger partial charge in [0.1, 0.15) is 0 Å². The van der Waals surface area contributed by atoms with Crippen LogP contribution < -0.4 is 0 Å². The maximum Gasteiger partial charge on any atom is 0.171 e. The standard InChI is InChI=1S/C30H50NO2.CH3.Y/c1-7-31(6)22-11-13-28(4)21(16-22)8-9-23-24(28)12-14-29(5)25(23)17-26-27(29)20(3)30(33-26)15-10-19(2)18-32-30;;/h19-27H,1,7-18H2,2-6H3;1H3;/q2*-1;/t19-,20-,21+,22?,23+,24-,25-,26-,27-,28-,29-,30+;;/m0../s1. The van der Waals surface area contributed by atoms with E-state index in [4.69, 9.17) is 9.47 Å². The molecule has 4 saturated carbocycles. The number of fused-ring (bicyclic) bond motifs is 7. The minimum Gasteiger partial charge on any atom is -0.358 e. The zero-order valence-electron chi connectivity index (χ0n) is 23.7. The molecule has 1 spiro atoms. The predicted molar refractivity (Wildman–Crippen MR) is 140 cm³/mol. The van der Waals surface area contributed by atoms with Gasteiger partial charge in [-0.3, -0.25) is 0 Å². The fraction of sp³-hybridized carbons (Fsp3) is 0.935. The van der Waals surface area contributed by atoms with Gasteiger partial charge < -0.3 is 28.7 Å². The summed E-state index contributed by atoms with van der Waals surface area (Å²) in [5.41, 5.74) is 1.02. The molecule has 1 unspecified atom stereocenters. The molecule has 12 atom stereocenters. The Bertz CT molecular complexity index is 752. The second-order valence-corrected chi connectivity index (χ2v) is 14.1. The molecule has 0 N–H and O–H groups in total. The molecule has 0 amide bonds. The normalized spacial score (nSPS) is 54.8. The molecule has 0 aromatic rings. The van der Waals surface area contributed by atoms with E-state index in [-0.39, 0.29) is 45.9 Å². The third-order valence-corrected chi connectivity index (χ3v) is 12.9. The van der Waals surface area contributed by atoms with Gasteiger partial charge in [-0.2, -0.15) is 0 Å². The Balaban J connectivity index is 0.00000144. The quantitative estimate of drug-likeness (QED) is 0.339. The van der Waals surface area contributed by atoms with Crippen LogP contribution in [-0.2, 0) is 42.2 Å². The Morgan fingerprint density at radius 3 is 2.34 bits per heavy atom. The van der Waals surface area contributed by atoms with Gasteiger partial charge in [-0.25, -0.2) is 0 Å². The van der Waals surface area contributed by atoms with Crippen LogP contribution in [0.15, 0.2) is 0 Å². The van der Waals surface area contributed by atoms with Crippen molar-refractivity contribution in [3.8, 4) is 0 Å². The summed E-state index contributed by atoms with van der Waals surface area (Å²) < 4.78 is 13.5.